The number of ether oxygens (including phenoxy) is 1. The Kier molecular flexibility index (Phi) is 33.4. The number of unbranched alkanes of at least 4 members (excludes halogenated alkanes) is 10. The first kappa shape index (κ1) is 24.7. The van der Waals surface area contributed by atoms with E-state index in [2.05, 4.69) is 27.0 Å². The van der Waals surface area contributed by atoms with Crippen molar-refractivity contribution < 1.29 is 10.2 Å². The van der Waals surface area contributed by atoms with Crippen LogP contribution in [0.25, 0.3) is 0 Å². The van der Waals surface area contributed by atoms with Crippen molar-refractivity contribution in [3.8, 4) is 0 Å². The smallest absolute Gasteiger partial charge is 0.0466 e. The molecule has 0 rings (SSSR count). The lowest BCUT2D eigenvalue weighted by molar-refractivity contribution is 0.125. The number of rotatable bonds is 14. The van der Waals surface area contributed by atoms with Gasteiger partial charge in [-0.3, -0.25) is 0 Å². The topological polar surface area (TPSA) is 40.7 Å². The minimum absolute atomic E-state index is 0. The quantitative estimate of drug-likeness (QED) is 0.298. The van der Waals surface area contributed by atoms with Gasteiger partial charge in [0.05, 0.1) is 0 Å². The molecule has 2 nitrogen and oxygen atoms in total. The fraction of sp³-hybridized carbons (Fsp3) is 0.889. The fourth-order valence-electron chi connectivity index (χ4n) is 2.07. The minimum Gasteiger partial charge on any atom is -0.412 e. The summed E-state index contributed by atoms with van der Waals surface area (Å²) >= 11 is 0. The zero-order chi connectivity index (χ0) is 14.6. The lowest BCUT2D eigenvalue weighted by Gasteiger charge is -2.04. The standard InChI is InChI=1S/C16H34O.C2H4.H2O/c1-3-5-7-9-11-13-15-17-16-14-12-10-8-6-4-2;1-2;/h3-16H2,1-2H3;1-2H2;1H2. The van der Waals surface area contributed by atoms with E-state index in [1.54, 1.807) is 0 Å². The highest BCUT2D eigenvalue weighted by Crippen LogP contribution is 2.06. The van der Waals surface area contributed by atoms with Gasteiger partial charge >= 0.3 is 0 Å². The fourth-order valence-corrected chi connectivity index (χ4v) is 2.07. The molecule has 0 aliphatic heterocycles. The van der Waals surface area contributed by atoms with E-state index in [-0.39, 0.29) is 5.48 Å². The van der Waals surface area contributed by atoms with Crippen LogP contribution in [0.5, 0.6) is 0 Å². The van der Waals surface area contributed by atoms with Gasteiger partial charge < -0.3 is 10.2 Å². The Balaban J connectivity index is -0.000000916. The van der Waals surface area contributed by atoms with Crippen molar-refractivity contribution in [1.29, 1.82) is 0 Å². The van der Waals surface area contributed by atoms with Crippen molar-refractivity contribution in [1.82, 2.24) is 0 Å². The summed E-state index contributed by atoms with van der Waals surface area (Å²) in [5.74, 6) is 0. The van der Waals surface area contributed by atoms with Crippen LogP contribution >= 0.6 is 0 Å². The monoisotopic (exact) mass is 288 g/mol. The van der Waals surface area contributed by atoms with Crippen LogP contribution in [-0.2, 0) is 4.74 Å². The van der Waals surface area contributed by atoms with Crippen LogP contribution in [0.3, 0.4) is 0 Å². The summed E-state index contributed by atoms with van der Waals surface area (Å²) < 4.78 is 5.65. The Morgan fingerprint density at radius 2 is 0.850 bits per heavy atom. The first-order chi connectivity index (χ1) is 9.41. The van der Waals surface area contributed by atoms with Gasteiger partial charge in [-0.15, -0.1) is 13.2 Å². The third-order valence-electron chi connectivity index (χ3n) is 3.28. The average Bonchev–Trinajstić information content (AvgIpc) is 2.46. The molecular formula is C18H40O2. The summed E-state index contributed by atoms with van der Waals surface area (Å²) in [4.78, 5) is 0. The summed E-state index contributed by atoms with van der Waals surface area (Å²) in [5.41, 5.74) is 0. The average molecular weight is 289 g/mol. The molecule has 0 aromatic heterocycles. The molecule has 0 heterocycles. The summed E-state index contributed by atoms with van der Waals surface area (Å²) in [6.07, 6.45) is 16.3. The van der Waals surface area contributed by atoms with E-state index in [0.29, 0.717) is 0 Å². The molecule has 0 unspecified atom stereocenters. The molecule has 0 aliphatic rings. The van der Waals surface area contributed by atoms with E-state index in [1.165, 1.54) is 77.0 Å². The second-order valence-electron chi connectivity index (χ2n) is 5.15. The minimum atomic E-state index is 0. The van der Waals surface area contributed by atoms with Crippen LogP contribution in [0.15, 0.2) is 13.2 Å². The molecule has 0 saturated heterocycles. The van der Waals surface area contributed by atoms with Gasteiger partial charge in [-0.25, -0.2) is 0 Å². The van der Waals surface area contributed by atoms with Crippen LogP contribution < -0.4 is 0 Å². The lowest BCUT2D eigenvalue weighted by Crippen LogP contribution is -1.97. The van der Waals surface area contributed by atoms with Gasteiger partial charge in [-0.1, -0.05) is 78.1 Å². The summed E-state index contributed by atoms with van der Waals surface area (Å²) in [6, 6.07) is 0. The van der Waals surface area contributed by atoms with Crippen molar-refractivity contribution in [2.75, 3.05) is 13.2 Å². The van der Waals surface area contributed by atoms with Gasteiger partial charge in [0.2, 0.25) is 0 Å². The molecule has 0 fully saturated rings. The van der Waals surface area contributed by atoms with Gasteiger partial charge in [0, 0.05) is 13.2 Å². The molecule has 0 bridgehead atoms. The lowest BCUT2D eigenvalue weighted by atomic mass is 10.1. The van der Waals surface area contributed by atoms with Crippen molar-refractivity contribution >= 4 is 0 Å². The first-order valence-corrected chi connectivity index (χ1v) is 8.49. The van der Waals surface area contributed by atoms with E-state index in [4.69, 9.17) is 4.74 Å². The predicted octanol–water partition coefficient (Wildman–Crippen LogP) is 5.70. The maximum Gasteiger partial charge on any atom is 0.0466 e. The molecule has 0 aromatic carbocycles. The van der Waals surface area contributed by atoms with Gasteiger partial charge in [-0.05, 0) is 12.8 Å². The molecule has 0 radical (unpaired) electrons. The van der Waals surface area contributed by atoms with Crippen LogP contribution in [0.2, 0.25) is 0 Å². The summed E-state index contributed by atoms with van der Waals surface area (Å²) in [6.45, 7) is 12.5. The Hall–Kier alpha value is -0.340. The van der Waals surface area contributed by atoms with Gasteiger partial charge in [0.1, 0.15) is 0 Å². The third kappa shape index (κ3) is 26.3. The summed E-state index contributed by atoms with van der Waals surface area (Å²) in [5, 5.41) is 0. The Labute approximate surface area is 128 Å². The van der Waals surface area contributed by atoms with Crippen LogP contribution in [-0.4, -0.2) is 18.7 Å². The highest BCUT2D eigenvalue weighted by molar-refractivity contribution is 4.45. The van der Waals surface area contributed by atoms with Crippen LogP contribution in [0.4, 0.5) is 0 Å². The van der Waals surface area contributed by atoms with E-state index >= 15 is 0 Å². The van der Waals surface area contributed by atoms with Crippen LogP contribution in [0, 0.1) is 0 Å². The number of hydrogen-bond donors (Lipinski definition) is 0. The van der Waals surface area contributed by atoms with E-state index in [1.807, 2.05) is 0 Å². The zero-order valence-corrected chi connectivity index (χ0v) is 14.2. The first-order valence-electron chi connectivity index (χ1n) is 8.49. The molecule has 0 aliphatic carbocycles. The highest BCUT2D eigenvalue weighted by Gasteiger charge is 1.92. The van der Waals surface area contributed by atoms with Crippen molar-refractivity contribution in [2.45, 2.75) is 90.9 Å². The van der Waals surface area contributed by atoms with Gasteiger partial charge in [0.15, 0.2) is 0 Å². The molecular weight excluding hydrogens is 248 g/mol. The van der Waals surface area contributed by atoms with Gasteiger partial charge in [-0.2, -0.15) is 0 Å². The highest BCUT2D eigenvalue weighted by atomic mass is 16.5. The van der Waals surface area contributed by atoms with E-state index in [0.717, 1.165) is 13.2 Å². The molecule has 124 valence electrons. The maximum absolute atomic E-state index is 5.65. The van der Waals surface area contributed by atoms with Crippen molar-refractivity contribution in [3.05, 3.63) is 13.2 Å². The second kappa shape index (κ2) is 27.1. The van der Waals surface area contributed by atoms with E-state index < -0.39 is 0 Å². The molecule has 0 amide bonds. The molecule has 0 saturated carbocycles. The molecule has 0 aromatic rings. The number of hydrogen-bond acceptors (Lipinski definition) is 1. The Morgan fingerprint density at radius 3 is 1.20 bits per heavy atom. The van der Waals surface area contributed by atoms with Gasteiger partial charge in [0.25, 0.3) is 0 Å². The Morgan fingerprint density at radius 1 is 0.550 bits per heavy atom. The molecule has 2 N–H and O–H groups in total. The zero-order valence-electron chi connectivity index (χ0n) is 14.2. The van der Waals surface area contributed by atoms with Crippen molar-refractivity contribution in [3.63, 3.8) is 0 Å². The molecule has 0 atom stereocenters. The largest absolute Gasteiger partial charge is 0.412 e. The third-order valence-corrected chi connectivity index (χ3v) is 3.28. The summed E-state index contributed by atoms with van der Waals surface area (Å²) in [7, 11) is 0. The normalized spacial score (nSPS) is 9.50. The Bertz CT molecular complexity index is 123. The van der Waals surface area contributed by atoms with Crippen molar-refractivity contribution in [2.24, 2.45) is 0 Å². The molecule has 0 spiro atoms. The maximum atomic E-state index is 5.65. The second-order valence-corrected chi connectivity index (χ2v) is 5.15. The predicted molar refractivity (Wildman–Crippen MR) is 92.4 cm³/mol. The molecule has 20 heavy (non-hydrogen) atoms. The van der Waals surface area contributed by atoms with Crippen LogP contribution in [0.1, 0.15) is 90.9 Å². The molecule has 2 heteroatoms. The SMILES string of the molecule is C=C.CCCCCCCCOCCCCCCCC.O. The van der Waals surface area contributed by atoms with E-state index in [9.17, 15) is 0 Å².